The van der Waals surface area contributed by atoms with Gasteiger partial charge >= 0.3 is 11.9 Å². The van der Waals surface area contributed by atoms with Gasteiger partial charge in [0.2, 0.25) is 0 Å². The van der Waals surface area contributed by atoms with E-state index in [9.17, 15) is 9.59 Å². The first kappa shape index (κ1) is 22.7. The fourth-order valence-corrected chi connectivity index (χ4v) is 2.47. The van der Waals surface area contributed by atoms with Crippen molar-refractivity contribution in [3.05, 3.63) is 12.2 Å². The molecule has 0 bridgehead atoms. The van der Waals surface area contributed by atoms with Crippen LogP contribution in [-0.2, 0) is 19.1 Å². The monoisotopic (exact) mass is 340 g/mol. The van der Waals surface area contributed by atoms with Gasteiger partial charge in [-0.2, -0.15) is 0 Å². The Morgan fingerprint density at radius 3 is 2.08 bits per heavy atom. The first-order valence-corrected chi connectivity index (χ1v) is 9.51. The van der Waals surface area contributed by atoms with E-state index in [2.05, 4.69) is 27.4 Å². The maximum Gasteiger partial charge on any atom is 0.336 e. The lowest BCUT2D eigenvalue weighted by Gasteiger charge is -2.16. The summed E-state index contributed by atoms with van der Waals surface area (Å²) in [4.78, 5) is 24.0. The molecule has 0 N–H and O–H groups in total. The molecule has 0 aromatic heterocycles. The second-order valence-corrected chi connectivity index (χ2v) is 6.47. The van der Waals surface area contributed by atoms with Crippen molar-refractivity contribution in [1.82, 2.24) is 0 Å². The lowest BCUT2D eigenvalue weighted by molar-refractivity contribution is -0.149. The van der Waals surface area contributed by atoms with Crippen LogP contribution >= 0.6 is 0 Å². The molecule has 140 valence electrons. The summed E-state index contributed by atoms with van der Waals surface area (Å²) in [7, 11) is 0. The average Bonchev–Trinajstić information content (AvgIpc) is 2.60. The Balaban J connectivity index is 4.16. The Labute approximate surface area is 148 Å². The van der Waals surface area contributed by atoms with Crippen LogP contribution in [0.2, 0.25) is 0 Å². The molecule has 0 saturated carbocycles. The molecule has 0 fully saturated rings. The molecule has 4 nitrogen and oxygen atoms in total. The quantitative estimate of drug-likeness (QED) is 0.327. The third-order valence-electron chi connectivity index (χ3n) is 4.40. The minimum absolute atomic E-state index is 0.0773. The molecule has 4 heteroatoms. The van der Waals surface area contributed by atoms with Crippen LogP contribution in [0.4, 0.5) is 0 Å². The summed E-state index contributed by atoms with van der Waals surface area (Å²) >= 11 is 0. The molecule has 2 unspecified atom stereocenters. The van der Waals surface area contributed by atoms with Crippen molar-refractivity contribution in [3.63, 3.8) is 0 Å². The number of rotatable bonds is 14. The van der Waals surface area contributed by atoms with Gasteiger partial charge in [-0.25, -0.2) is 4.79 Å². The first-order chi connectivity index (χ1) is 11.5. The van der Waals surface area contributed by atoms with Crippen molar-refractivity contribution >= 4 is 11.9 Å². The van der Waals surface area contributed by atoms with Gasteiger partial charge in [0.15, 0.2) is 0 Å². The second-order valence-electron chi connectivity index (χ2n) is 6.47. The molecule has 0 aromatic carbocycles. The Hall–Kier alpha value is -1.32. The molecule has 2 atom stereocenters. The van der Waals surface area contributed by atoms with Crippen LogP contribution in [0.25, 0.3) is 0 Å². The van der Waals surface area contributed by atoms with Crippen molar-refractivity contribution in [2.45, 2.75) is 79.1 Å². The maximum atomic E-state index is 12.0. The number of carbonyl (C=O) groups is 2. The van der Waals surface area contributed by atoms with Gasteiger partial charge in [-0.15, -0.1) is 0 Å². The minimum atomic E-state index is -0.459. The predicted octanol–water partition coefficient (Wildman–Crippen LogP) is 5.06. The van der Waals surface area contributed by atoms with Crippen LogP contribution in [0, 0.1) is 11.8 Å². The number of carbonyl (C=O) groups excluding carboxylic acids is 2. The summed E-state index contributed by atoms with van der Waals surface area (Å²) in [5, 5.41) is 0. The van der Waals surface area contributed by atoms with Gasteiger partial charge in [-0.1, -0.05) is 66.4 Å². The Morgan fingerprint density at radius 1 is 0.917 bits per heavy atom. The number of ether oxygens (including phenoxy) is 2. The summed E-state index contributed by atoms with van der Waals surface area (Å²) < 4.78 is 10.5. The van der Waals surface area contributed by atoms with E-state index in [0.29, 0.717) is 12.5 Å². The van der Waals surface area contributed by atoms with E-state index in [1.54, 1.807) is 0 Å². The molecule has 0 rings (SSSR count). The predicted molar refractivity (Wildman–Crippen MR) is 97.7 cm³/mol. The zero-order chi connectivity index (χ0) is 18.4. The molecule has 0 heterocycles. The molecular formula is C20H36O4. The van der Waals surface area contributed by atoms with Crippen LogP contribution in [0.3, 0.4) is 0 Å². The van der Waals surface area contributed by atoms with Crippen molar-refractivity contribution in [1.29, 1.82) is 0 Å². The van der Waals surface area contributed by atoms with E-state index in [-0.39, 0.29) is 24.1 Å². The van der Waals surface area contributed by atoms with E-state index >= 15 is 0 Å². The Kier molecular flexibility index (Phi) is 13.3. The lowest BCUT2D eigenvalue weighted by Crippen LogP contribution is -2.21. The molecule has 0 aliphatic rings. The smallest absolute Gasteiger partial charge is 0.336 e. The zero-order valence-corrected chi connectivity index (χ0v) is 16.1. The van der Waals surface area contributed by atoms with Crippen molar-refractivity contribution < 1.29 is 19.1 Å². The number of unbranched alkanes of at least 4 members (excludes halogenated alkanes) is 2. The van der Waals surface area contributed by atoms with E-state index in [0.717, 1.165) is 51.4 Å². The van der Waals surface area contributed by atoms with Crippen molar-refractivity contribution in [2.24, 2.45) is 11.8 Å². The Morgan fingerprint density at radius 2 is 1.54 bits per heavy atom. The molecule has 0 amide bonds. The van der Waals surface area contributed by atoms with Crippen LogP contribution in [0.15, 0.2) is 12.2 Å². The average molecular weight is 341 g/mol. The van der Waals surface area contributed by atoms with E-state index in [4.69, 9.17) is 9.47 Å². The molecule has 0 spiro atoms. The van der Waals surface area contributed by atoms with Gasteiger partial charge in [0.25, 0.3) is 0 Å². The van der Waals surface area contributed by atoms with Gasteiger partial charge in [0.05, 0.1) is 18.1 Å². The molecule has 0 aliphatic heterocycles. The van der Waals surface area contributed by atoms with Crippen LogP contribution in [0.5, 0.6) is 0 Å². The molecule has 24 heavy (non-hydrogen) atoms. The fourth-order valence-electron chi connectivity index (χ4n) is 2.47. The standard InChI is InChI=1S/C20H36O4/c1-6-10-12-17(8-3)15-24-19(21)16(5)14-23-20(22)18(9-4)13-11-7-2/h17-18H,5-15H2,1-4H3. The molecule has 0 radical (unpaired) electrons. The highest BCUT2D eigenvalue weighted by Crippen LogP contribution is 2.16. The molecule has 0 aromatic rings. The summed E-state index contributed by atoms with van der Waals surface area (Å²) in [6.07, 6.45) is 7.99. The number of esters is 2. The highest BCUT2D eigenvalue weighted by Gasteiger charge is 2.19. The topological polar surface area (TPSA) is 52.6 Å². The summed E-state index contributed by atoms with van der Waals surface area (Å²) in [5.41, 5.74) is 0.207. The van der Waals surface area contributed by atoms with Gasteiger partial charge in [0.1, 0.15) is 6.61 Å². The highest BCUT2D eigenvalue weighted by atomic mass is 16.5. The van der Waals surface area contributed by atoms with E-state index in [1.165, 1.54) is 0 Å². The SMILES string of the molecule is C=C(COC(=O)C(CC)CCCC)C(=O)OCC(CC)CCCC. The third kappa shape index (κ3) is 9.74. The van der Waals surface area contributed by atoms with Gasteiger partial charge < -0.3 is 9.47 Å². The molecule has 0 aliphatic carbocycles. The van der Waals surface area contributed by atoms with Crippen LogP contribution in [-0.4, -0.2) is 25.2 Å². The van der Waals surface area contributed by atoms with Crippen LogP contribution in [0.1, 0.15) is 79.1 Å². The van der Waals surface area contributed by atoms with Gasteiger partial charge in [-0.3, -0.25) is 4.79 Å². The lowest BCUT2D eigenvalue weighted by atomic mass is 10.00. The Bertz CT molecular complexity index is 376. The summed E-state index contributed by atoms with van der Waals surface area (Å²) in [6.45, 7) is 12.4. The van der Waals surface area contributed by atoms with Gasteiger partial charge in [-0.05, 0) is 25.2 Å². The molecule has 0 saturated heterocycles. The first-order valence-electron chi connectivity index (χ1n) is 9.51. The number of hydrogen-bond donors (Lipinski definition) is 0. The molecular weight excluding hydrogens is 304 g/mol. The highest BCUT2D eigenvalue weighted by molar-refractivity contribution is 5.88. The number of hydrogen-bond acceptors (Lipinski definition) is 4. The van der Waals surface area contributed by atoms with Crippen LogP contribution < -0.4 is 0 Å². The normalized spacial score (nSPS) is 13.2. The maximum absolute atomic E-state index is 12.0. The van der Waals surface area contributed by atoms with E-state index < -0.39 is 5.97 Å². The largest absolute Gasteiger partial charge is 0.462 e. The minimum Gasteiger partial charge on any atom is -0.462 e. The second kappa shape index (κ2) is 14.1. The third-order valence-corrected chi connectivity index (χ3v) is 4.40. The van der Waals surface area contributed by atoms with E-state index in [1.807, 2.05) is 6.92 Å². The zero-order valence-electron chi connectivity index (χ0n) is 16.1. The summed E-state index contributed by atoms with van der Waals surface area (Å²) in [5.74, 6) is -0.399. The van der Waals surface area contributed by atoms with Gasteiger partial charge in [0, 0.05) is 0 Å². The van der Waals surface area contributed by atoms with Crippen molar-refractivity contribution in [2.75, 3.05) is 13.2 Å². The summed E-state index contributed by atoms with van der Waals surface area (Å²) in [6, 6.07) is 0. The van der Waals surface area contributed by atoms with Crippen molar-refractivity contribution in [3.8, 4) is 0 Å². The fraction of sp³-hybridized carbons (Fsp3) is 0.800.